The molecule has 0 aliphatic carbocycles. The predicted molar refractivity (Wildman–Crippen MR) is 151 cm³/mol. The van der Waals surface area contributed by atoms with Gasteiger partial charge in [0.1, 0.15) is 0 Å². The van der Waals surface area contributed by atoms with Gasteiger partial charge in [-0.3, -0.25) is 4.79 Å². The summed E-state index contributed by atoms with van der Waals surface area (Å²) in [5.74, 6) is 0.276. The maximum Gasteiger partial charge on any atom is 0.233 e. The molecule has 2 heteroatoms. The Morgan fingerprint density at radius 2 is 1.52 bits per heavy atom. The lowest BCUT2D eigenvalue weighted by molar-refractivity contribution is -0.129. The van der Waals surface area contributed by atoms with Gasteiger partial charge in [-0.2, -0.15) is 0 Å². The highest BCUT2D eigenvalue weighted by Crippen LogP contribution is 2.40. The van der Waals surface area contributed by atoms with E-state index >= 15 is 0 Å². The van der Waals surface area contributed by atoms with Crippen molar-refractivity contribution in [1.29, 1.82) is 0 Å². The monoisotopic (exact) mass is 451 g/mol. The van der Waals surface area contributed by atoms with E-state index in [1.54, 1.807) is 0 Å². The molecule has 1 amide bonds. The van der Waals surface area contributed by atoms with Gasteiger partial charge in [0.15, 0.2) is 0 Å². The number of para-hydroxylation sites is 1. The van der Waals surface area contributed by atoms with Crippen molar-refractivity contribution in [2.75, 3.05) is 4.90 Å². The Balaban J connectivity index is 0. The molecule has 1 aliphatic rings. The lowest BCUT2D eigenvalue weighted by atomic mass is 9.78. The predicted octanol–water partition coefficient (Wildman–Crippen LogP) is 9.48. The van der Waals surface area contributed by atoms with Gasteiger partial charge in [-0.15, -0.1) is 0 Å². The Bertz CT molecular complexity index is 752. The van der Waals surface area contributed by atoms with Gasteiger partial charge in [0, 0.05) is 5.69 Å². The number of hydrogen-bond acceptors (Lipinski definition) is 1. The van der Waals surface area contributed by atoms with Gasteiger partial charge in [0.25, 0.3) is 0 Å². The van der Waals surface area contributed by atoms with Crippen LogP contribution in [-0.2, 0) is 4.79 Å². The van der Waals surface area contributed by atoms with Crippen molar-refractivity contribution in [1.82, 2.24) is 0 Å². The van der Waals surface area contributed by atoms with Crippen molar-refractivity contribution in [3.05, 3.63) is 90.6 Å². The number of rotatable bonds is 9. The van der Waals surface area contributed by atoms with Crippen molar-refractivity contribution < 1.29 is 4.79 Å². The van der Waals surface area contributed by atoms with Crippen LogP contribution in [0.25, 0.3) is 0 Å². The Labute approximate surface area is 205 Å². The first-order valence-electron chi connectivity index (χ1n) is 12.8. The van der Waals surface area contributed by atoms with Gasteiger partial charge in [-0.1, -0.05) is 109 Å². The summed E-state index contributed by atoms with van der Waals surface area (Å²) < 4.78 is 0. The van der Waals surface area contributed by atoms with Gasteiger partial charge >= 0.3 is 0 Å². The third-order valence-corrected chi connectivity index (χ3v) is 4.98. The molecule has 0 bridgehead atoms. The fourth-order valence-electron chi connectivity index (χ4n) is 3.76. The van der Waals surface area contributed by atoms with E-state index < -0.39 is 0 Å². The number of benzene rings is 1. The number of hydrogen-bond donors (Lipinski definition) is 0. The summed E-state index contributed by atoms with van der Waals surface area (Å²) in [6, 6.07) is 10.1. The second-order valence-corrected chi connectivity index (χ2v) is 6.75. The second kappa shape index (κ2) is 21.2. The summed E-state index contributed by atoms with van der Waals surface area (Å²) in [6.45, 7) is 21.9. The molecule has 1 unspecified atom stereocenters. The number of allylic oxidation sites excluding steroid dienone is 7. The third kappa shape index (κ3) is 10.2. The van der Waals surface area contributed by atoms with Crippen LogP contribution in [-0.4, -0.2) is 11.9 Å². The normalized spacial score (nSPS) is 17.8. The zero-order valence-electron chi connectivity index (χ0n) is 22.8. The summed E-state index contributed by atoms with van der Waals surface area (Å²) >= 11 is 0. The zero-order valence-corrected chi connectivity index (χ0v) is 22.8. The van der Waals surface area contributed by atoms with Crippen LogP contribution in [0.3, 0.4) is 0 Å². The molecular weight excluding hydrogens is 402 g/mol. The van der Waals surface area contributed by atoms with Crippen molar-refractivity contribution in [2.45, 2.75) is 87.6 Å². The Morgan fingerprint density at radius 1 is 0.939 bits per heavy atom. The molecule has 1 fully saturated rings. The molecule has 0 N–H and O–H groups in total. The average molecular weight is 452 g/mol. The highest BCUT2D eigenvalue weighted by atomic mass is 16.2. The summed E-state index contributed by atoms with van der Waals surface area (Å²) in [5, 5.41) is 0. The molecular formula is C31H49NO. The lowest BCUT2D eigenvalue weighted by Gasteiger charge is -2.48. The first kappa shape index (κ1) is 32.6. The van der Waals surface area contributed by atoms with Crippen molar-refractivity contribution in [3.63, 3.8) is 0 Å². The van der Waals surface area contributed by atoms with E-state index in [1.807, 2.05) is 109 Å². The SMILES string of the molecule is C=C/C=C(\C=C/C)CCC[C@H]1C(=O)N(c2ccccc2)C1C(/C=C\C)=C/C.CC.CC.CC. The Kier molecular flexibility index (Phi) is 21.0. The number of anilines is 1. The van der Waals surface area contributed by atoms with E-state index in [0.717, 1.165) is 24.9 Å². The first-order valence-corrected chi connectivity index (χ1v) is 12.8. The van der Waals surface area contributed by atoms with Crippen LogP contribution in [0.5, 0.6) is 0 Å². The molecule has 1 aliphatic heterocycles. The molecule has 184 valence electrons. The summed E-state index contributed by atoms with van der Waals surface area (Å²) in [7, 11) is 0. The molecule has 1 aromatic carbocycles. The molecule has 0 radical (unpaired) electrons. The summed E-state index contributed by atoms with van der Waals surface area (Å²) in [6.07, 6.45) is 17.2. The van der Waals surface area contributed by atoms with E-state index in [0.29, 0.717) is 0 Å². The minimum Gasteiger partial charge on any atom is -0.304 e. The lowest BCUT2D eigenvalue weighted by Crippen LogP contribution is -2.62. The molecule has 0 saturated carbocycles. The summed E-state index contributed by atoms with van der Waals surface area (Å²) in [5.41, 5.74) is 3.45. The van der Waals surface area contributed by atoms with Crippen molar-refractivity contribution >= 4 is 11.6 Å². The number of carbonyl (C=O) groups is 1. The van der Waals surface area contributed by atoms with Gasteiger partial charge in [-0.25, -0.2) is 0 Å². The molecule has 1 saturated heterocycles. The van der Waals surface area contributed by atoms with E-state index in [9.17, 15) is 4.79 Å². The highest BCUT2D eigenvalue weighted by Gasteiger charge is 2.48. The highest BCUT2D eigenvalue weighted by molar-refractivity contribution is 6.04. The molecule has 1 heterocycles. The van der Waals surface area contributed by atoms with Gasteiger partial charge < -0.3 is 4.90 Å². The molecule has 0 spiro atoms. The fourth-order valence-corrected chi connectivity index (χ4v) is 3.76. The fraction of sp³-hybridized carbons (Fsp3) is 0.452. The van der Waals surface area contributed by atoms with E-state index in [-0.39, 0.29) is 17.9 Å². The Hall–Kier alpha value is -2.61. The van der Waals surface area contributed by atoms with Crippen LogP contribution in [0.4, 0.5) is 5.69 Å². The van der Waals surface area contributed by atoms with Crippen LogP contribution >= 0.6 is 0 Å². The van der Waals surface area contributed by atoms with Gasteiger partial charge in [-0.05, 0) is 63.3 Å². The van der Waals surface area contributed by atoms with Crippen molar-refractivity contribution in [2.24, 2.45) is 5.92 Å². The molecule has 2 rings (SSSR count). The van der Waals surface area contributed by atoms with E-state index in [2.05, 4.69) is 37.8 Å². The van der Waals surface area contributed by atoms with Crippen LogP contribution < -0.4 is 4.90 Å². The maximum atomic E-state index is 13.0. The molecule has 0 aromatic heterocycles. The first-order chi connectivity index (χ1) is 16.2. The Morgan fingerprint density at radius 3 is 2.00 bits per heavy atom. The van der Waals surface area contributed by atoms with Crippen LogP contribution in [0.15, 0.2) is 90.6 Å². The zero-order chi connectivity index (χ0) is 25.6. The van der Waals surface area contributed by atoms with Gasteiger partial charge in [0.05, 0.1) is 12.0 Å². The van der Waals surface area contributed by atoms with Gasteiger partial charge in [0.2, 0.25) is 5.91 Å². The molecule has 2 nitrogen and oxygen atoms in total. The topological polar surface area (TPSA) is 20.3 Å². The number of carbonyl (C=O) groups excluding carboxylic acids is 1. The largest absolute Gasteiger partial charge is 0.304 e. The van der Waals surface area contributed by atoms with Crippen LogP contribution in [0.2, 0.25) is 0 Å². The second-order valence-electron chi connectivity index (χ2n) is 6.75. The van der Waals surface area contributed by atoms with E-state index in [1.165, 1.54) is 11.1 Å². The summed E-state index contributed by atoms with van der Waals surface area (Å²) in [4.78, 5) is 14.9. The molecule has 2 atom stereocenters. The number of nitrogens with zero attached hydrogens (tertiary/aromatic N) is 1. The number of β-lactam (4-membered cyclic amide) rings is 1. The standard InChI is InChI=1S/C25H31NO.3C2H6/c1-5-13-20(14-6-2)16-12-19-23-24(21(8-4)15-7-3)26(25(23)27)22-17-10-9-11-18-22;3*1-2/h5-11,13-15,17-18,23-24H,1,12,16,19H2,2-4H3;3*1-2H3/b14-6-,15-7-,20-13+,21-8+;;;/t23-,24?;;;/m1.../s1. The molecule has 33 heavy (non-hydrogen) atoms. The minimum absolute atomic E-state index is 0.0446. The van der Waals surface area contributed by atoms with Crippen LogP contribution in [0, 0.1) is 5.92 Å². The molecule has 1 aromatic rings. The number of amides is 1. The van der Waals surface area contributed by atoms with E-state index in [4.69, 9.17) is 0 Å². The van der Waals surface area contributed by atoms with Crippen LogP contribution in [0.1, 0.15) is 81.6 Å². The van der Waals surface area contributed by atoms with Crippen molar-refractivity contribution in [3.8, 4) is 0 Å². The minimum atomic E-state index is 0.0446. The maximum absolute atomic E-state index is 13.0. The average Bonchev–Trinajstić information content (AvgIpc) is 2.88. The third-order valence-electron chi connectivity index (χ3n) is 4.98. The smallest absolute Gasteiger partial charge is 0.233 e. The quantitative estimate of drug-likeness (QED) is 0.270.